The van der Waals surface area contributed by atoms with Crippen molar-refractivity contribution in [2.45, 2.75) is 30.3 Å². The van der Waals surface area contributed by atoms with Gasteiger partial charge >= 0.3 is 11.9 Å². The van der Waals surface area contributed by atoms with Crippen molar-refractivity contribution in [2.75, 3.05) is 36.8 Å². The molecule has 0 aliphatic carbocycles. The summed E-state index contributed by atoms with van der Waals surface area (Å²) in [6.45, 7) is 5.02. The molecule has 7 nitrogen and oxygen atoms in total. The van der Waals surface area contributed by atoms with Crippen LogP contribution in [0.4, 0.5) is 23.4 Å². The van der Waals surface area contributed by atoms with Gasteiger partial charge in [0, 0.05) is 47.8 Å². The Hall–Kier alpha value is -4.16. The number of rotatable bonds is 6. The first kappa shape index (κ1) is 29.9. The third-order valence-electron chi connectivity index (χ3n) is 7.83. The highest BCUT2D eigenvalue weighted by atomic mass is 32.2. The van der Waals surface area contributed by atoms with Crippen molar-refractivity contribution in [1.82, 2.24) is 14.5 Å². The number of halogens is 4. The summed E-state index contributed by atoms with van der Waals surface area (Å²) in [5, 5.41) is 0.178. The number of carbonyl (C=O) groups excluding carboxylic acids is 1. The second kappa shape index (κ2) is 12.1. The lowest BCUT2D eigenvalue weighted by Crippen LogP contribution is -2.49. The summed E-state index contributed by atoms with van der Waals surface area (Å²) in [7, 11) is 0. The van der Waals surface area contributed by atoms with Crippen molar-refractivity contribution >= 4 is 34.4 Å². The molecule has 44 heavy (non-hydrogen) atoms. The first-order chi connectivity index (χ1) is 21.1. The van der Waals surface area contributed by atoms with Gasteiger partial charge in [0.15, 0.2) is 0 Å². The van der Waals surface area contributed by atoms with Crippen LogP contribution in [0, 0.1) is 5.82 Å². The van der Waals surface area contributed by atoms with E-state index in [1.165, 1.54) is 34.5 Å². The van der Waals surface area contributed by atoms with Crippen LogP contribution in [-0.2, 0) is 28.9 Å². The van der Waals surface area contributed by atoms with Crippen LogP contribution in [0.5, 0.6) is 0 Å². The number of nitrogens with zero attached hydrogens (tertiary/aromatic N) is 4. The number of amides is 1. The molecular weight excluding hydrogens is 596 g/mol. The lowest BCUT2D eigenvalue weighted by molar-refractivity contribution is -0.137. The fraction of sp³-hybridized carbons (Fsp3) is 0.281. The van der Waals surface area contributed by atoms with E-state index in [4.69, 9.17) is 4.74 Å². The van der Waals surface area contributed by atoms with Crippen LogP contribution in [0.2, 0.25) is 0 Å². The Kier molecular flexibility index (Phi) is 8.21. The van der Waals surface area contributed by atoms with Gasteiger partial charge in [-0.3, -0.25) is 9.36 Å². The van der Waals surface area contributed by atoms with E-state index < -0.39 is 29.4 Å². The number of carbonyl (C=O) groups is 1. The minimum absolute atomic E-state index is 0.0886. The predicted octanol–water partition coefficient (Wildman–Crippen LogP) is 5.75. The van der Waals surface area contributed by atoms with Gasteiger partial charge in [0.25, 0.3) is 0 Å². The molecule has 1 atom stereocenters. The van der Waals surface area contributed by atoms with Crippen molar-refractivity contribution in [2.24, 2.45) is 0 Å². The average molecular weight is 625 g/mol. The van der Waals surface area contributed by atoms with Gasteiger partial charge in [0.2, 0.25) is 5.91 Å². The van der Waals surface area contributed by atoms with E-state index in [2.05, 4.69) is 11.6 Å². The van der Waals surface area contributed by atoms with E-state index in [1.807, 2.05) is 30.3 Å². The normalized spacial score (nSPS) is 17.0. The Morgan fingerprint density at radius 1 is 1.07 bits per heavy atom. The zero-order chi connectivity index (χ0) is 31.0. The van der Waals surface area contributed by atoms with E-state index in [1.54, 1.807) is 9.80 Å². The summed E-state index contributed by atoms with van der Waals surface area (Å²) in [4.78, 5) is 33.7. The zero-order valence-corrected chi connectivity index (χ0v) is 24.3. The molecule has 0 unspecified atom stereocenters. The number of aromatic nitrogens is 2. The Bertz CT molecular complexity index is 1770. The molecule has 1 saturated heterocycles. The molecule has 0 N–H and O–H groups in total. The van der Waals surface area contributed by atoms with Crippen molar-refractivity contribution in [3.8, 4) is 11.1 Å². The number of benzene rings is 3. The highest BCUT2D eigenvalue weighted by molar-refractivity contribution is 7.99. The summed E-state index contributed by atoms with van der Waals surface area (Å²) in [6.07, 6.45) is -4.06. The number of hydrogen-bond donors (Lipinski definition) is 0. The number of piperazine rings is 1. The van der Waals surface area contributed by atoms with Crippen LogP contribution in [-0.4, -0.2) is 58.4 Å². The van der Waals surface area contributed by atoms with Crippen molar-refractivity contribution < 1.29 is 27.1 Å². The van der Waals surface area contributed by atoms with Gasteiger partial charge in [-0.2, -0.15) is 18.2 Å². The van der Waals surface area contributed by atoms with E-state index >= 15 is 0 Å². The summed E-state index contributed by atoms with van der Waals surface area (Å²) in [6, 6.07) is 15.4. The van der Waals surface area contributed by atoms with E-state index in [-0.39, 0.29) is 65.1 Å². The second-order valence-electron chi connectivity index (χ2n) is 10.6. The van der Waals surface area contributed by atoms with Gasteiger partial charge in [-0.25, -0.2) is 9.18 Å². The van der Waals surface area contributed by atoms with Crippen LogP contribution in [0.3, 0.4) is 0 Å². The Morgan fingerprint density at radius 2 is 1.77 bits per heavy atom. The Labute approximate surface area is 254 Å². The molecule has 0 spiro atoms. The van der Waals surface area contributed by atoms with E-state index in [0.717, 1.165) is 23.8 Å². The molecule has 1 amide bonds. The van der Waals surface area contributed by atoms with Gasteiger partial charge in [-0.15, -0.1) is 11.8 Å². The minimum atomic E-state index is -4.77. The number of alkyl halides is 3. The van der Waals surface area contributed by atoms with Crippen LogP contribution in [0.1, 0.15) is 11.1 Å². The summed E-state index contributed by atoms with van der Waals surface area (Å²) in [5.74, 6) is -0.412. The zero-order valence-electron chi connectivity index (χ0n) is 23.5. The SMILES string of the molecule is C=CC(=O)N1CCN(c2nc(=O)n3c4c(c(-c5ccc(F)cc5)c(C(F)(F)F)cc24)SC[C@H](OCc2ccccc2)C3)CC1. The minimum Gasteiger partial charge on any atom is -0.371 e. The smallest absolute Gasteiger partial charge is 0.371 e. The maximum Gasteiger partial charge on any atom is 0.417 e. The number of hydrogen-bond acceptors (Lipinski definition) is 6. The summed E-state index contributed by atoms with van der Waals surface area (Å²) in [5.41, 5.74) is -0.208. The van der Waals surface area contributed by atoms with Gasteiger partial charge in [-0.05, 0) is 35.4 Å². The second-order valence-corrected chi connectivity index (χ2v) is 11.6. The molecule has 2 aliphatic heterocycles. The molecule has 228 valence electrons. The molecule has 3 heterocycles. The largest absolute Gasteiger partial charge is 0.417 e. The average Bonchev–Trinajstić information content (AvgIpc) is 3.22. The standard InChI is InChI=1S/C32H28F4N4O3S/c1-2-26(41)38-12-14-39(15-13-38)30-24-16-25(32(34,35)36)27(21-8-10-22(33)11-9-21)29-28(24)40(31(42)37-30)17-23(19-44-29)43-18-20-6-4-3-5-7-20/h2-11,16,23H,1,12-15,17-19H2/t23-/m1/s1. The Balaban J connectivity index is 1.52. The number of anilines is 1. The van der Waals surface area contributed by atoms with Crippen LogP contribution >= 0.6 is 11.8 Å². The molecule has 6 rings (SSSR count). The first-order valence-electron chi connectivity index (χ1n) is 14.0. The lowest BCUT2D eigenvalue weighted by Gasteiger charge is -2.35. The van der Waals surface area contributed by atoms with E-state index in [0.29, 0.717) is 18.6 Å². The van der Waals surface area contributed by atoms with Gasteiger partial charge < -0.3 is 14.5 Å². The monoisotopic (exact) mass is 624 g/mol. The predicted molar refractivity (Wildman–Crippen MR) is 161 cm³/mol. The van der Waals surface area contributed by atoms with Gasteiger partial charge in [0.05, 0.1) is 30.3 Å². The molecule has 4 aromatic rings. The molecule has 0 saturated carbocycles. The van der Waals surface area contributed by atoms with E-state index in [9.17, 15) is 27.2 Å². The molecule has 2 aliphatic rings. The molecule has 3 aromatic carbocycles. The molecular formula is C32H28F4N4O3S. The summed E-state index contributed by atoms with van der Waals surface area (Å²) < 4.78 is 65.9. The molecule has 1 aromatic heterocycles. The Morgan fingerprint density at radius 3 is 2.43 bits per heavy atom. The van der Waals surface area contributed by atoms with Crippen LogP contribution in [0.25, 0.3) is 22.0 Å². The van der Waals surface area contributed by atoms with Crippen molar-refractivity contribution in [1.29, 1.82) is 0 Å². The quantitative estimate of drug-likeness (QED) is 0.201. The highest BCUT2D eigenvalue weighted by Gasteiger charge is 2.38. The van der Waals surface area contributed by atoms with Gasteiger partial charge in [-0.1, -0.05) is 49.0 Å². The molecule has 1 fully saturated rings. The van der Waals surface area contributed by atoms with Crippen LogP contribution < -0.4 is 10.6 Å². The summed E-state index contributed by atoms with van der Waals surface area (Å²) >= 11 is 1.18. The van der Waals surface area contributed by atoms with Crippen molar-refractivity contribution in [3.63, 3.8) is 0 Å². The molecule has 0 radical (unpaired) electrons. The fourth-order valence-corrected chi connectivity index (χ4v) is 6.94. The van der Waals surface area contributed by atoms with Crippen molar-refractivity contribution in [3.05, 3.63) is 101 Å². The molecule has 0 bridgehead atoms. The third-order valence-corrected chi connectivity index (χ3v) is 9.06. The topological polar surface area (TPSA) is 67.7 Å². The maximum absolute atomic E-state index is 14.8. The fourth-order valence-electron chi connectivity index (χ4n) is 5.66. The maximum atomic E-state index is 14.8. The highest BCUT2D eigenvalue weighted by Crippen LogP contribution is 2.48. The number of ether oxygens (including phenoxy) is 1. The lowest BCUT2D eigenvalue weighted by atomic mass is 9.96. The first-order valence-corrected chi connectivity index (χ1v) is 15.0. The molecule has 12 heteroatoms. The van der Waals surface area contributed by atoms with Gasteiger partial charge in [0.1, 0.15) is 11.6 Å². The van der Waals surface area contributed by atoms with Crippen LogP contribution in [0.15, 0.2) is 83.0 Å². The third kappa shape index (κ3) is 5.83. The number of thioether (sulfide) groups is 1.